The van der Waals surface area contributed by atoms with E-state index in [1.807, 2.05) is 13.8 Å². The lowest BCUT2D eigenvalue weighted by Crippen LogP contribution is -2.42. The van der Waals surface area contributed by atoms with E-state index < -0.39 is 9.84 Å². The van der Waals surface area contributed by atoms with Gasteiger partial charge < -0.3 is 10.6 Å². The van der Waals surface area contributed by atoms with Gasteiger partial charge in [-0.3, -0.25) is 0 Å². The Morgan fingerprint density at radius 2 is 1.96 bits per heavy atom. The minimum Gasteiger partial charge on any atom is -0.357 e. The molecule has 1 rings (SSSR count). The van der Waals surface area contributed by atoms with Crippen LogP contribution in [0.25, 0.3) is 0 Å². The van der Waals surface area contributed by atoms with Crippen molar-refractivity contribution in [3.05, 3.63) is 29.8 Å². The molecule has 7 heteroatoms. The third-order valence-corrected chi connectivity index (χ3v) is 4.95. The van der Waals surface area contributed by atoms with Crippen LogP contribution in [-0.4, -0.2) is 45.2 Å². The number of rotatable bonds is 8. The van der Waals surface area contributed by atoms with Gasteiger partial charge in [-0.05, 0) is 44.2 Å². The first-order chi connectivity index (χ1) is 10.8. The molecule has 0 bridgehead atoms. The molecule has 0 spiro atoms. The van der Waals surface area contributed by atoms with Crippen LogP contribution in [0.3, 0.4) is 0 Å². The fourth-order valence-electron chi connectivity index (χ4n) is 1.92. The minimum atomic E-state index is -2.93. The largest absolute Gasteiger partial charge is 0.357 e. The van der Waals surface area contributed by atoms with Crippen LogP contribution in [0, 0.1) is 0 Å². The number of nitrogens with zero attached hydrogens (tertiary/aromatic N) is 1. The SMILES string of the molecule is CCNC(=NCc1ccc(SC)cc1)NC(C)CCS(C)(=O)=O. The van der Waals surface area contributed by atoms with Crippen molar-refractivity contribution in [1.82, 2.24) is 10.6 Å². The number of benzene rings is 1. The summed E-state index contributed by atoms with van der Waals surface area (Å²) in [5, 5.41) is 6.44. The standard InChI is InChI=1S/C16H27N3O2S2/c1-5-17-16(19-13(2)10-11-23(4,20)21)18-12-14-6-8-15(22-3)9-7-14/h6-9,13H,5,10-12H2,1-4H3,(H2,17,18,19). The number of guanidine groups is 1. The molecule has 0 radical (unpaired) electrons. The van der Waals surface area contributed by atoms with Crippen LogP contribution in [0.4, 0.5) is 0 Å². The summed E-state index contributed by atoms with van der Waals surface area (Å²) in [7, 11) is -2.93. The summed E-state index contributed by atoms with van der Waals surface area (Å²) in [5.41, 5.74) is 1.14. The number of hydrogen-bond acceptors (Lipinski definition) is 4. The molecule has 1 atom stereocenters. The van der Waals surface area contributed by atoms with E-state index in [1.165, 1.54) is 11.2 Å². The Hall–Kier alpha value is -1.21. The normalized spacial score (nSPS) is 13.7. The molecule has 2 N–H and O–H groups in total. The molecule has 1 aromatic carbocycles. The van der Waals surface area contributed by atoms with Gasteiger partial charge in [0.2, 0.25) is 0 Å². The van der Waals surface area contributed by atoms with Gasteiger partial charge in [-0.15, -0.1) is 11.8 Å². The average Bonchev–Trinajstić information content (AvgIpc) is 2.51. The lowest BCUT2D eigenvalue weighted by molar-refractivity contribution is 0.581. The zero-order chi connectivity index (χ0) is 17.3. The van der Waals surface area contributed by atoms with Gasteiger partial charge in [-0.25, -0.2) is 13.4 Å². The van der Waals surface area contributed by atoms with Crippen molar-refractivity contribution in [2.24, 2.45) is 4.99 Å². The van der Waals surface area contributed by atoms with Crippen molar-refractivity contribution in [2.45, 2.75) is 37.8 Å². The predicted octanol–water partition coefficient (Wildman–Crippen LogP) is 2.29. The summed E-state index contributed by atoms with van der Waals surface area (Å²) in [6, 6.07) is 8.37. The molecule has 0 aliphatic heterocycles. The fraction of sp³-hybridized carbons (Fsp3) is 0.562. The molecule has 5 nitrogen and oxygen atoms in total. The van der Waals surface area contributed by atoms with E-state index in [-0.39, 0.29) is 11.8 Å². The van der Waals surface area contributed by atoms with Gasteiger partial charge in [0.05, 0.1) is 12.3 Å². The maximum atomic E-state index is 11.2. The maximum absolute atomic E-state index is 11.2. The molecule has 0 amide bonds. The first-order valence-corrected chi connectivity index (χ1v) is 11.0. The first kappa shape index (κ1) is 19.8. The quantitative estimate of drug-likeness (QED) is 0.424. The zero-order valence-corrected chi connectivity index (χ0v) is 15.9. The molecular formula is C16H27N3O2S2. The Bertz CT molecular complexity index is 598. The van der Waals surface area contributed by atoms with Crippen LogP contribution < -0.4 is 10.6 Å². The van der Waals surface area contributed by atoms with E-state index in [0.29, 0.717) is 18.9 Å². The smallest absolute Gasteiger partial charge is 0.191 e. The molecule has 0 saturated heterocycles. The van der Waals surface area contributed by atoms with Crippen molar-refractivity contribution in [2.75, 3.05) is 24.8 Å². The molecule has 0 aliphatic carbocycles. The summed E-state index contributed by atoms with van der Waals surface area (Å²) in [4.78, 5) is 5.80. The zero-order valence-electron chi connectivity index (χ0n) is 14.3. The molecule has 23 heavy (non-hydrogen) atoms. The van der Waals surface area contributed by atoms with Crippen molar-refractivity contribution in [3.63, 3.8) is 0 Å². The Kier molecular flexibility index (Phi) is 8.47. The molecule has 0 aromatic heterocycles. The molecular weight excluding hydrogens is 330 g/mol. The lowest BCUT2D eigenvalue weighted by atomic mass is 10.2. The lowest BCUT2D eigenvalue weighted by Gasteiger charge is -2.17. The van der Waals surface area contributed by atoms with E-state index >= 15 is 0 Å². The fourth-order valence-corrected chi connectivity index (χ4v) is 3.11. The van der Waals surface area contributed by atoms with E-state index in [2.05, 4.69) is 46.1 Å². The van der Waals surface area contributed by atoms with E-state index in [4.69, 9.17) is 0 Å². The van der Waals surface area contributed by atoms with E-state index in [0.717, 1.165) is 12.1 Å². The third kappa shape index (κ3) is 8.86. The Morgan fingerprint density at radius 1 is 1.30 bits per heavy atom. The number of sulfone groups is 1. The monoisotopic (exact) mass is 357 g/mol. The van der Waals surface area contributed by atoms with Crippen molar-refractivity contribution >= 4 is 27.6 Å². The number of thioether (sulfide) groups is 1. The van der Waals surface area contributed by atoms with E-state index in [1.54, 1.807) is 11.8 Å². The predicted molar refractivity (Wildman–Crippen MR) is 100.0 cm³/mol. The van der Waals surface area contributed by atoms with Crippen LogP contribution >= 0.6 is 11.8 Å². The summed E-state index contributed by atoms with van der Waals surface area (Å²) in [6.45, 7) is 5.32. The highest BCUT2D eigenvalue weighted by molar-refractivity contribution is 7.98. The molecule has 1 unspecified atom stereocenters. The number of aliphatic imine (C=N–C) groups is 1. The molecule has 1 aromatic rings. The molecule has 130 valence electrons. The summed E-state index contributed by atoms with van der Waals surface area (Å²) >= 11 is 1.72. The van der Waals surface area contributed by atoms with Gasteiger partial charge in [-0.2, -0.15) is 0 Å². The van der Waals surface area contributed by atoms with Gasteiger partial charge in [0.15, 0.2) is 5.96 Å². The van der Waals surface area contributed by atoms with Crippen LogP contribution in [0.2, 0.25) is 0 Å². The highest BCUT2D eigenvalue weighted by Crippen LogP contribution is 2.15. The minimum absolute atomic E-state index is 0.0430. The van der Waals surface area contributed by atoms with Gasteiger partial charge in [0.1, 0.15) is 9.84 Å². The summed E-state index contributed by atoms with van der Waals surface area (Å²) < 4.78 is 22.5. The second-order valence-corrected chi connectivity index (χ2v) is 8.65. The van der Waals surface area contributed by atoms with Crippen molar-refractivity contribution in [1.29, 1.82) is 0 Å². The second-order valence-electron chi connectivity index (χ2n) is 5.51. The van der Waals surface area contributed by atoms with Crippen LogP contribution in [0.5, 0.6) is 0 Å². The number of nitrogens with one attached hydrogen (secondary N) is 2. The van der Waals surface area contributed by atoms with Gasteiger partial charge in [-0.1, -0.05) is 12.1 Å². The van der Waals surface area contributed by atoms with Crippen molar-refractivity contribution < 1.29 is 8.42 Å². The Labute approximate surface area is 144 Å². The third-order valence-electron chi connectivity index (χ3n) is 3.23. The average molecular weight is 358 g/mol. The van der Waals surface area contributed by atoms with Crippen LogP contribution in [0.15, 0.2) is 34.2 Å². The number of hydrogen-bond donors (Lipinski definition) is 2. The van der Waals surface area contributed by atoms with Crippen molar-refractivity contribution in [3.8, 4) is 0 Å². The van der Waals surface area contributed by atoms with Crippen LogP contribution in [-0.2, 0) is 16.4 Å². The second kappa shape index (κ2) is 9.82. The first-order valence-electron chi connectivity index (χ1n) is 7.69. The molecule has 0 heterocycles. The molecule has 0 saturated carbocycles. The highest BCUT2D eigenvalue weighted by Gasteiger charge is 2.09. The van der Waals surface area contributed by atoms with Gasteiger partial charge in [0.25, 0.3) is 0 Å². The Morgan fingerprint density at radius 3 is 2.48 bits per heavy atom. The van der Waals surface area contributed by atoms with E-state index in [9.17, 15) is 8.42 Å². The maximum Gasteiger partial charge on any atom is 0.191 e. The van der Waals surface area contributed by atoms with Gasteiger partial charge in [0, 0.05) is 23.7 Å². The molecule has 0 aliphatic rings. The van der Waals surface area contributed by atoms with Gasteiger partial charge >= 0.3 is 0 Å². The van der Waals surface area contributed by atoms with Crippen LogP contribution in [0.1, 0.15) is 25.8 Å². The Balaban J connectivity index is 2.61. The summed E-state index contributed by atoms with van der Waals surface area (Å²) in [6.07, 6.45) is 3.88. The topological polar surface area (TPSA) is 70.6 Å². The summed E-state index contributed by atoms with van der Waals surface area (Å²) in [5.74, 6) is 0.888. The highest BCUT2D eigenvalue weighted by atomic mass is 32.2. The molecule has 0 fully saturated rings.